The maximum absolute atomic E-state index is 3.54. The molecule has 1 saturated carbocycles. The van der Waals surface area contributed by atoms with Crippen LogP contribution >= 0.6 is 0 Å². The summed E-state index contributed by atoms with van der Waals surface area (Å²) in [6.45, 7) is 9.18. The Balaban J connectivity index is 1.93. The minimum Gasteiger partial charge on any atom is -0.316 e. The van der Waals surface area contributed by atoms with E-state index in [0.717, 1.165) is 18.9 Å². The first-order valence-electron chi connectivity index (χ1n) is 7.00. The lowest BCUT2D eigenvalue weighted by molar-refractivity contribution is 0.575. The molecule has 1 N–H and O–H groups in total. The zero-order chi connectivity index (χ0) is 12.3. The van der Waals surface area contributed by atoms with Crippen LogP contribution in [0.5, 0.6) is 0 Å². The lowest BCUT2D eigenvalue weighted by atomic mass is 9.94. The quantitative estimate of drug-likeness (QED) is 0.739. The topological polar surface area (TPSA) is 12.0 Å². The molecule has 17 heavy (non-hydrogen) atoms. The smallest absolute Gasteiger partial charge is 0.00118 e. The molecule has 1 aromatic carbocycles. The van der Waals surface area contributed by atoms with Crippen molar-refractivity contribution < 1.29 is 0 Å². The van der Waals surface area contributed by atoms with Gasteiger partial charge in [0.25, 0.3) is 0 Å². The molecule has 0 aliphatic heterocycles. The molecule has 0 amide bonds. The van der Waals surface area contributed by atoms with Crippen molar-refractivity contribution in [3.05, 3.63) is 35.4 Å². The van der Waals surface area contributed by atoms with Crippen LogP contribution in [0.25, 0.3) is 0 Å². The Morgan fingerprint density at radius 1 is 1.24 bits per heavy atom. The van der Waals surface area contributed by atoms with Crippen molar-refractivity contribution in [2.24, 2.45) is 5.92 Å². The Bertz CT molecular complexity index is 354. The second-order valence-corrected chi connectivity index (χ2v) is 5.57. The largest absolute Gasteiger partial charge is 0.316 e. The number of nitrogens with one attached hydrogen (secondary N) is 1. The van der Waals surface area contributed by atoms with Crippen LogP contribution in [0.2, 0.25) is 0 Å². The van der Waals surface area contributed by atoms with Gasteiger partial charge in [0.2, 0.25) is 0 Å². The maximum Gasteiger partial charge on any atom is -0.00118 e. The molecule has 0 radical (unpaired) electrons. The minimum absolute atomic E-state index is 0.438. The van der Waals surface area contributed by atoms with E-state index in [1.807, 2.05) is 0 Å². The summed E-state index contributed by atoms with van der Waals surface area (Å²) in [6.07, 6.45) is 3.71. The van der Waals surface area contributed by atoms with Crippen molar-refractivity contribution in [3.63, 3.8) is 0 Å². The summed E-state index contributed by atoms with van der Waals surface area (Å²) in [5.74, 6) is 0.835. The molecule has 1 fully saturated rings. The molecular formula is C16H25N. The van der Waals surface area contributed by atoms with E-state index >= 15 is 0 Å². The van der Waals surface area contributed by atoms with Gasteiger partial charge in [0.1, 0.15) is 0 Å². The Labute approximate surface area is 106 Å². The lowest BCUT2D eigenvalue weighted by Crippen LogP contribution is -2.20. The Morgan fingerprint density at radius 3 is 2.53 bits per heavy atom. The third-order valence-corrected chi connectivity index (χ3v) is 4.25. The molecule has 1 heteroatoms. The zero-order valence-electron chi connectivity index (χ0n) is 11.4. The van der Waals surface area contributed by atoms with Gasteiger partial charge in [-0.2, -0.15) is 0 Å². The van der Waals surface area contributed by atoms with Crippen LogP contribution in [-0.2, 0) is 11.8 Å². The predicted molar refractivity (Wildman–Crippen MR) is 74.4 cm³/mol. The molecule has 1 aliphatic rings. The van der Waals surface area contributed by atoms with Crippen molar-refractivity contribution in [1.29, 1.82) is 0 Å². The lowest BCUT2D eigenvalue weighted by Gasteiger charge is -2.13. The van der Waals surface area contributed by atoms with Gasteiger partial charge in [-0.25, -0.2) is 0 Å². The van der Waals surface area contributed by atoms with Crippen LogP contribution in [0, 0.1) is 5.92 Å². The summed E-state index contributed by atoms with van der Waals surface area (Å²) in [5, 5.41) is 3.54. The summed E-state index contributed by atoms with van der Waals surface area (Å²) < 4.78 is 0. The number of aryl methyl sites for hydroxylation is 1. The average Bonchev–Trinajstić information content (AvgIpc) is 3.02. The fourth-order valence-corrected chi connectivity index (χ4v) is 2.68. The van der Waals surface area contributed by atoms with Crippen LogP contribution in [0.4, 0.5) is 0 Å². The summed E-state index contributed by atoms with van der Waals surface area (Å²) in [4.78, 5) is 0. The van der Waals surface area contributed by atoms with E-state index < -0.39 is 0 Å². The Hall–Kier alpha value is -0.820. The maximum atomic E-state index is 3.54. The highest BCUT2D eigenvalue weighted by Gasteiger charge is 2.50. The van der Waals surface area contributed by atoms with E-state index in [2.05, 4.69) is 50.4 Å². The fraction of sp³-hybridized carbons (Fsp3) is 0.625. The average molecular weight is 231 g/mol. The van der Waals surface area contributed by atoms with E-state index in [0.29, 0.717) is 5.41 Å². The van der Waals surface area contributed by atoms with Crippen molar-refractivity contribution in [1.82, 2.24) is 5.32 Å². The van der Waals surface area contributed by atoms with Crippen LogP contribution in [0.1, 0.15) is 44.7 Å². The van der Waals surface area contributed by atoms with E-state index in [-0.39, 0.29) is 0 Å². The third-order valence-electron chi connectivity index (χ3n) is 4.25. The summed E-state index contributed by atoms with van der Waals surface area (Å²) >= 11 is 0. The van der Waals surface area contributed by atoms with Crippen molar-refractivity contribution in [2.75, 3.05) is 13.1 Å². The Morgan fingerprint density at radius 2 is 1.94 bits per heavy atom. The second kappa shape index (κ2) is 5.22. The molecule has 0 aromatic heterocycles. The van der Waals surface area contributed by atoms with Crippen molar-refractivity contribution >= 4 is 0 Å². The number of rotatable bonds is 6. The molecule has 1 nitrogen and oxygen atoms in total. The van der Waals surface area contributed by atoms with E-state index in [9.17, 15) is 0 Å². The summed E-state index contributed by atoms with van der Waals surface area (Å²) in [6, 6.07) is 9.24. The molecule has 0 bridgehead atoms. The van der Waals surface area contributed by atoms with Gasteiger partial charge in [-0.1, -0.05) is 45.0 Å². The summed E-state index contributed by atoms with van der Waals surface area (Å²) in [7, 11) is 0. The SMILES string of the molecule is CCCNCC1CC1(C)c1ccc(CC)cc1. The predicted octanol–water partition coefficient (Wildman–Crippen LogP) is 3.53. The van der Waals surface area contributed by atoms with Crippen LogP contribution in [0.15, 0.2) is 24.3 Å². The van der Waals surface area contributed by atoms with Crippen LogP contribution in [0.3, 0.4) is 0 Å². The highest BCUT2D eigenvalue weighted by atomic mass is 14.9. The number of hydrogen-bond donors (Lipinski definition) is 1. The molecule has 2 atom stereocenters. The van der Waals surface area contributed by atoms with E-state index in [1.54, 1.807) is 0 Å². The normalized spacial score (nSPS) is 27.1. The first-order chi connectivity index (χ1) is 8.20. The molecule has 0 heterocycles. The third kappa shape index (κ3) is 2.71. The van der Waals surface area contributed by atoms with Gasteiger partial charge in [0, 0.05) is 0 Å². The van der Waals surface area contributed by atoms with Gasteiger partial charge in [-0.3, -0.25) is 0 Å². The molecular weight excluding hydrogens is 206 g/mol. The van der Waals surface area contributed by atoms with Gasteiger partial charge in [0.05, 0.1) is 0 Å². The van der Waals surface area contributed by atoms with Gasteiger partial charge in [0.15, 0.2) is 0 Å². The van der Waals surface area contributed by atoms with Gasteiger partial charge in [-0.15, -0.1) is 0 Å². The molecule has 94 valence electrons. The van der Waals surface area contributed by atoms with Crippen molar-refractivity contribution in [2.45, 2.75) is 45.4 Å². The highest BCUT2D eigenvalue weighted by molar-refractivity contribution is 5.35. The number of hydrogen-bond acceptors (Lipinski definition) is 1. The van der Waals surface area contributed by atoms with E-state index in [1.165, 1.54) is 30.5 Å². The molecule has 1 aromatic rings. The van der Waals surface area contributed by atoms with Gasteiger partial charge < -0.3 is 5.32 Å². The van der Waals surface area contributed by atoms with E-state index in [4.69, 9.17) is 0 Å². The molecule has 2 rings (SSSR count). The van der Waals surface area contributed by atoms with Crippen LogP contribution in [-0.4, -0.2) is 13.1 Å². The van der Waals surface area contributed by atoms with Crippen molar-refractivity contribution in [3.8, 4) is 0 Å². The first-order valence-corrected chi connectivity index (χ1v) is 7.00. The molecule has 0 saturated heterocycles. The van der Waals surface area contributed by atoms with Gasteiger partial charge >= 0.3 is 0 Å². The fourth-order valence-electron chi connectivity index (χ4n) is 2.68. The molecule has 0 spiro atoms. The van der Waals surface area contributed by atoms with Gasteiger partial charge in [-0.05, 0) is 54.8 Å². The highest BCUT2D eigenvalue weighted by Crippen LogP contribution is 2.53. The second-order valence-electron chi connectivity index (χ2n) is 5.57. The zero-order valence-corrected chi connectivity index (χ0v) is 11.4. The molecule has 2 unspecified atom stereocenters. The molecule has 1 aliphatic carbocycles. The monoisotopic (exact) mass is 231 g/mol. The van der Waals surface area contributed by atoms with Crippen LogP contribution < -0.4 is 5.32 Å². The minimum atomic E-state index is 0.438. The number of benzene rings is 1. The Kier molecular flexibility index (Phi) is 3.88. The first kappa shape index (κ1) is 12.6. The summed E-state index contributed by atoms with van der Waals surface area (Å²) in [5.41, 5.74) is 3.41. The standard InChI is InChI=1S/C16H25N/c1-4-10-17-12-15-11-16(15,3)14-8-6-13(5-2)7-9-14/h6-9,15,17H,4-5,10-12H2,1-3H3.